The van der Waals surface area contributed by atoms with Crippen molar-refractivity contribution < 1.29 is 19.0 Å². The topological polar surface area (TPSA) is 46.5 Å². The highest BCUT2D eigenvalue weighted by Gasteiger charge is 2.15. The Morgan fingerprint density at radius 1 is 1.44 bits per heavy atom. The first-order valence-electron chi connectivity index (χ1n) is 5.10. The van der Waals surface area contributed by atoms with Gasteiger partial charge >= 0.3 is 5.97 Å². The molecule has 1 aromatic carbocycles. The van der Waals surface area contributed by atoms with Crippen LogP contribution in [0, 0.1) is 5.82 Å². The van der Waals surface area contributed by atoms with Crippen molar-refractivity contribution in [3.8, 4) is 0 Å². The van der Waals surface area contributed by atoms with Gasteiger partial charge in [-0.1, -0.05) is 12.1 Å². The Balaban J connectivity index is 2.76. The van der Waals surface area contributed by atoms with E-state index >= 15 is 0 Å². The average molecular weight is 226 g/mol. The molecule has 1 atom stereocenters. The smallest absolute Gasteiger partial charge is 0.306 e. The van der Waals surface area contributed by atoms with Gasteiger partial charge in [-0.25, -0.2) is 4.39 Å². The van der Waals surface area contributed by atoms with Crippen molar-refractivity contribution in [3.63, 3.8) is 0 Å². The van der Waals surface area contributed by atoms with Gasteiger partial charge in [0.1, 0.15) is 5.82 Å². The minimum atomic E-state index is -0.331. The molecule has 0 aliphatic carbocycles. The lowest BCUT2D eigenvalue weighted by molar-refractivity contribution is -0.141. The van der Waals surface area contributed by atoms with Crippen molar-refractivity contribution in [2.24, 2.45) is 0 Å². The second-order valence-corrected chi connectivity index (χ2v) is 3.54. The van der Waals surface area contributed by atoms with E-state index in [1.165, 1.54) is 19.2 Å². The molecule has 0 aromatic heterocycles. The van der Waals surface area contributed by atoms with Gasteiger partial charge in [0, 0.05) is 6.61 Å². The molecule has 88 valence electrons. The lowest BCUT2D eigenvalue weighted by atomic mass is 9.93. The molecule has 1 aromatic rings. The molecule has 1 rings (SSSR count). The van der Waals surface area contributed by atoms with Gasteiger partial charge in [-0.3, -0.25) is 4.79 Å². The first-order valence-corrected chi connectivity index (χ1v) is 5.10. The number of methoxy groups -OCH3 is 1. The highest BCUT2D eigenvalue weighted by atomic mass is 19.1. The van der Waals surface area contributed by atoms with E-state index < -0.39 is 0 Å². The van der Waals surface area contributed by atoms with E-state index in [0.717, 1.165) is 5.56 Å². The normalized spacial score (nSPS) is 12.2. The third-order valence-electron chi connectivity index (χ3n) is 2.46. The van der Waals surface area contributed by atoms with Gasteiger partial charge in [0.25, 0.3) is 0 Å². The van der Waals surface area contributed by atoms with Crippen molar-refractivity contribution in [2.75, 3.05) is 13.7 Å². The predicted octanol–water partition coefficient (Wildman–Crippen LogP) is 1.85. The van der Waals surface area contributed by atoms with Gasteiger partial charge in [-0.15, -0.1) is 0 Å². The van der Waals surface area contributed by atoms with Crippen LogP contribution in [0.1, 0.15) is 24.3 Å². The largest absolute Gasteiger partial charge is 0.469 e. The van der Waals surface area contributed by atoms with E-state index in [-0.39, 0.29) is 30.7 Å². The molecule has 0 aliphatic rings. The summed E-state index contributed by atoms with van der Waals surface area (Å²) in [4.78, 5) is 11.2. The molecule has 0 saturated heterocycles. The van der Waals surface area contributed by atoms with Crippen LogP contribution in [0.4, 0.5) is 4.39 Å². The van der Waals surface area contributed by atoms with E-state index in [0.29, 0.717) is 6.42 Å². The number of carbonyl (C=O) groups is 1. The molecule has 16 heavy (non-hydrogen) atoms. The number of esters is 1. The Morgan fingerprint density at radius 2 is 2.06 bits per heavy atom. The van der Waals surface area contributed by atoms with E-state index in [2.05, 4.69) is 4.74 Å². The number of rotatable bonds is 5. The molecule has 0 spiro atoms. The number of hydrogen-bond acceptors (Lipinski definition) is 3. The molecule has 0 radical (unpaired) electrons. The van der Waals surface area contributed by atoms with E-state index in [4.69, 9.17) is 5.11 Å². The number of benzene rings is 1. The summed E-state index contributed by atoms with van der Waals surface area (Å²) in [5.41, 5.74) is 0.834. The van der Waals surface area contributed by atoms with Gasteiger partial charge in [0.05, 0.1) is 13.5 Å². The van der Waals surface area contributed by atoms with E-state index in [9.17, 15) is 9.18 Å². The first kappa shape index (κ1) is 12.6. The molecule has 4 heteroatoms. The van der Waals surface area contributed by atoms with Gasteiger partial charge in [-0.2, -0.15) is 0 Å². The van der Waals surface area contributed by atoms with Crippen LogP contribution in [0.15, 0.2) is 24.3 Å². The lowest BCUT2D eigenvalue weighted by Gasteiger charge is -2.14. The average Bonchev–Trinajstić information content (AvgIpc) is 2.29. The summed E-state index contributed by atoms with van der Waals surface area (Å²) >= 11 is 0. The summed E-state index contributed by atoms with van der Waals surface area (Å²) in [7, 11) is 1.32. The standard InChI is InChI=1S/C12H15FO3/c1-16-12(15)8-10(6-7-14)9-2-4-11(13)5-3-9/h2-5,10,14H,6-8H2,1H3/t10-/m1/s1. The summed E-state index contributed by atoms with van der Waals surface area (Å²) < 4.78 is 17.3. The molecule has 0 heterocycles. The Labute approximate surface area is 93.9 Å². The Morgan fingerprint density at radius 3 is 2.56 bits per heavy atom. The molecule has 0 aliphatic heterocycles. The van der Waals surface area contributed by atoms with Crippen molar-refractivity contribution in [1.29, 1.82) is 0 Å². The minimum absolute atomic E-state index is 0.0148. The third kappa shape index (κ3) is 3.62. The molecule has 0 bridgehead atoms. The zero-order valence-electron chi connectivity index (χ0n) is 9.15. The fourth-order valence-electron chi connectivity index (χ4n) is 1.56. The third-order valence-corrected chi connectivity index (χ3v) is 2.46. The van der Waals surface area contributed by atoms with Gasteiger partial charge in [0.15, 0.2) is 0 Å². The quantitative estimate of drug-likeness (QED) is 0.779. The van der Waals surface area contributed by atoms with Gasteiger partial charge < -0.3 is 9.84 Å². The van der Waals surface area contributed by atoms with E-state index in [1.54, 1.807) is 12.1 Å². The Hall–Kier alpha value is -1.42. The number of halogens is 1. The van der Waals surface area contributed by atoms with Gasteiger partial charge in [0.2, 0.25) is 0 Å². The molecule has 1 N–H and O–H groups in total. The number of aliphatic hydroxyl groups excluding tert-OH is 1. The van der Waals surface area contributed by atoms with Crippen LogP contribution in [0.2, 0.25) is 0 Å². The monoisotopic (exact) mass is 226 g/mol. The molecule has 3 nitrogen and oxygen atoms in total. The number of carbonyl (C=O) groups excluding carboxylic acids is 1. The van der Waals surface area contributed by atoms with E-state index in [1.807, 2.05) is 0 Å². The van der Waals surface area contributed by atoms with Gasteiger partial charge in [-0.05, 0) is 30.0 Å². The molecular formula is C12H15FO3. The molecule has 0 unspecified atom stereocenters. The van der Waals surface area contributed by atoms with Crippen molar-refractivity contribution in [3.05, 3.63) is 35.6 Å². The molecule has 0 saturated carbocycles. The van der Waals surface area contributed by atoms with Crippen molar-refractivity contribution in [1.82, 2.24) is 0 Å². The Kier molecular flexibility index (Phi) is 4.92. The van der Waals surface area contributed by atoms with Crippen LogP contribution in [0.5, 0.6) is 0 Å². The highest BCUT2D eigenvalue weighted by molar-refractivity contribution is 5.70. The summed E-state index contributed by atoms with van der Waals surface area (Å²) in [5, 5.41) is 8.91. The Bertz CT molecular complexity index is 335. The maximum Gasteiger partial charge on any atom is 0.306 e. The lowest BCUT2D eigenvalue weighted by Crippen LogP contribution is -2.10. The van der Waals surface area contributed by atoms with Crippen LogP contribution >= 0.6 is 0 Å². The fraction of sp³-hybridized carbons (Fsp3) is 0.417. The molecule has 0 fully saturated rings. The van der Waals surface area contributed by atoms with Crippen LogP contribution in [-0.2, 0) is 9.53 Å². The number of aliphatic hydroxyl groups is 1. The van der Waals surface area contributed by atoms with Crippen LogP contribution in [0.3, 0.4) is 0 Å². The zero-order chi connectivity index (χ0) is 12.0. The first-order chi connectivity index (χ1) is 7.67. The minimum Gasteiger partial charge on any atom is -0.469 e. The summed E-state index contributed by atoms with van der Waals surface area (Å²) in [6.07, 6.45) is 0.656. The summed E-state index contributed by atoms with van der Waals surface area (Å²) in [6.45, 7) is -0.0148. The predicted molar refractivity (Wildman–Crippen MR) is 57.5 cm³/mol. The fourth-order valence-corrected chi connectivity index (χ4v) is 1.56. The highest BCUT2D eigenvalue weighted by Crippen LogP contribution is 2.23. The summed E-state index contributed by atoms with van der Waals surface area (Å²) in [6, 6.07) is 5.94. The van der Waals surface area contributed by atoms with Crippen LogP contribution in [-0.4, -0.2) is 24.8 Å². The zero-order valence-corrected chi connectivity index (χ0v) is 9.15. The second kappa shape index (κ2) is 6.23. The second-order valence-electron chi connectivity index (χ2n) is 3.54. The van der Waals surface area contributed by atoms with Crippen molar-refractivity contribution in [2.45, 2.75) is 18.8 Å². The van der Waals surface area contributed by atoms with Crippen LogP contribution in [0.25, 0.3) is 0 Å². The molecule has 0 amide bonds. The number of ether oxygens (including phenoxy) is 1. The van der Waals surface area contributed by atoms with Crippen molar-refractivity contribution >= 4 is 5.97 Å². The maximum absolute atomic E-state index is 12.7. The molecular weight excluding hydrogens is 211 g/mol. The van der Waals surface area contributed by atoms with Crippen LogP contribution < -0.4 is 0 Å². The summed E-state index contributed by atoms with van der Waals surface area (Å²) in [5.74, 6) is -0.773. The number of hydrogen-bond donors (Lipinski definition) is 1. The maximum atomic E-state index is 12.7. The SMILES string of the molecule is COC(=O)C[C@@H](CCO)c1ccc(F)cc1.